The summed E-state index contributed by atoms with van der Waals surface area (Å²) in [7, 11) is 0. The summed E-state index contributed by atoms with van der Waals surface area (Å²) in [5, 5.41) is 13.5. The Balaban J connectivity index is 1.37. The van der Waals surface area contributed by atoms with Crippen molar-refractivity contribution in [3.8, 4) is 0 Å². The Hall–Kier alpha value is -1.23. The van der Waals surface area contributed by atoms with E-state index in [4.69, 9.17) is 0 Å². The van der Waals surface area contributed by atoms with Crippen LogP contribution in [0, 0.1) is 40.9 Å². The van der Waals surface area contributed by atoms with Gasteiger partial charge in [-0.2, -0.15) is 13.2 Å². The highest BCUT2D eigenvalue weighted by Gasteiger charge is 2.61. The standard InChI is InChI=1S/C27H38F3NO/c1-25(32)14-12-19-17(16-25)8-9-21-20(19)13-15-26(2)22(21)10-11-23(26)24(27(28,29)30)31-18-6-4-3-5-7-18/h3-7,17,19-24,31-32H,8-16H2,1-2H3/t17-,19+,20-,21-,22+,23-,24+,25-,26+/m1/s1. The molecule has 2 N–H and O–H groups in total. The van der Waals surface area contributed by atoms with Crippen LogP contribution in [0.2, 0.25) is 0 Å². The van der Waals surface area contributed by atoms with Gasteiger partial charge in [0.2, 0.25) is 0 Å². The predicted molar refractivity (Wildman–Crippen MR) is 121 cm³/mol. The van der Waals surface area contributed by atoms with Gasteiger partial charge >= 0.3 is 6.18 Å². The van der Waals surface area contributed by atoms with E-state index in [1.807, 2.05) is 13.0 Å². The number of benzene rings is 1. The Kier molecular flexibility index (Phi) is 5.58. The monoisotopic (exact) mass is 449 g/mol. The molecule has 0 bridgehead atoms. The Morgan fingerprint density at radius 2 is 1.62 bits per heavy atom. The number of hydrogen-bond donors (Lipinski definition) is 2. The molecule has 4 saturated carbocycles. The Bertz CT molecular complexity index is 809. The molecule has 0 heterocycles. The summed E-state index contributed by atoms with van der Waals surface area (Å²) in [6, 6.07) is 7.41. The third-order valence-corrected chi connectivity index (χ3v) is 10.2. The van der Waals surface area contributed by atoms with E-state index in [9.17, 15) is 18.3 Å². The number of aliphatic hydroxyl groups is 1. The fraction of sp³-hybridized carbons (Fsp3) is 0.778. The van der Waals surface area contributed by atoms with Crippen molar-refractivity contribution in [2.24, 2.45) is 40.9 Å². The number of halogens is 3. The summed E-state index contributed by atoms with van der Waals surface area (Å²) in [6.07, 6.45) is 4.45. The van der Waals surface area contributed by atoms with E-state index >= 15 is 0 Å². The van der Waals surface area contributed by atoms with Crippen molar-refractivity contribution < 1.29 is 18.3 Å². The van der Waals surface area contributed by atoms with E-state index in [0.29, 0.717) is 41.7 Å². The highest BCUT2D eigenvalue weighted by Crippen LogP contribution is 2.65. The van der Waals surface area contributed by atoms with Crippen LogP contribution in [0.4, 0.5) is 18.9 Å². The lowest BCUT2D eigenvalue weighted by Crippen LogP contribution is -2.53. The molecule has 5 rings (SSSR count). The number of alkyl halides is 3. The number of anilines is 1. The maximum absolute atomic E-state index is 14.3. The number of fused-ring (bicyclic) bond motifs is 5. The smallest absolute Gasteiger partial charge is 0.390 e. The first-order chi connectivity index (χ1) is 15.1. The molecule has 32 heavy (non-hydrogen) atoms. The molecule has 4 aliphatic rings. The van der Waals surface area contributed by atoms with E-state index < -0.39 is 17.8 Å². The molecule has 0 aliphatic heterocycles. The van der Waals surface area contributed by atoms with Crippen LogP contribution in [0.15, 0.2) is 30.3 Å². The second kappa shape index (κ2) is 7.92. The Morgan fingerprint density at radius 3 is 2.34 bits per heavy atom. The maximum Gasteiger partial charge on any atom is 0.408 e. The molecular weight excluding hydrogens is 411 g/mol. The van der Waals surface area contributed by atoms with Crippen molar-refractivity contribution >= 4 is 5.69 Å². The van der Waals surface area contributed by atoms with Gasteiger partial charge in [0.1, 0.15) is 6.04 Å². The molecule has 4 aliphatic carbocycles. The molecule has 0 unspecified atom stereocenters. The van der Waals surface area contributed by atoms with E-state index in [0.717, 1.165) is 51.4 Å². The molecule has 2 nitrogen and oxygen atoms in total. The first kappa shape index (κ1) is 22.6. The average molecular weight is 450 g/mol. The molecule has 0 amide bonds. The van der Waals surface area contributed by atoms with Crippen LogP contribution >= 0.6 is 0 Å². The van der Waals surface area contributed by atoms with E-state index in [1.54, 1.807) is 24.3 Å². The SMILES string of the molecule is C[C@@]1(O)CC[C@H]2[C@H](CC[C@@H]3[C@@H]2CC[C@]2(C)[C@@H]([C@H](Nc4ccccc4)C(F)(F)F)CC[C@@H]32)C1. The summed E-state index contributed by atoms with van der Waals surface area (Å²) in [5.74, 6) is 2.50. The maximum atomic E-state index is 14.3. The molecule has 1 aromatic rings. The van der Waals surface area contributed by atoms with Gasteiger partial charge in [-0.15, -0.1) is 0 Å². The van der Waals surface area contributed by atoms with Gasteiger partial charge in [0.05, 0.1) is 5.60 Å². The zero-order chi connectivity index (χ0) is 22.7. The van der Waals surface area contributed by atoms with Crippen LogP contribution in [0.1, 0.15) is 71.6 Å². The molecule has 0 spiro atoms. The summed E-state index contributed by atoms with van der Waals surface area (Å²) >= 11 is 0. The van der Waals surface area contributed by atoms with Crippen molar-refractivity contribution in [1.82, 2.24) is 0 Å². The molecule has 4 fully saturated rings. The third-order valence-electron chi connectivity index (χ3n) is 10.2. The number of rotatable bonds is 3. The van der Waals surface area contributed by atoms with Gasteiger partial charge in [-0.25, -0.2) is 0 Å². The van der Waals surface area contributed by atoms with E-state index in [1.165, 1.54) is 0 Å². The van der Waals surface area contributed by atoms with Crippen molar-refractivity contribution in [2.45, 2.75) is 89.5 Å². The fourth-order valence-electron chi connectivity index (χ4n) is 8.79. The van der Waals surface area contributed by atoms with Gasteiger partial charge in [-0.1, -0.05) is 25.1 Å². The third kappa shape index (κ3) is 3.86. The molecule has 5 heteroatoms. The lowest BCUT2D eigenvalue weighted by Gasteiger charge is -2.57. The van der Waals surface area contributed by atoms with Crippen molar-refractivity contribution in [2.75, 3.05) is 5.32 Å². The van der Waals surface area contributed by atoms with Gasteiger partial charge in [-0.05, 0) is 118 Å². The van der Waals surface area contributed by atoms with Gasteiger partial charge in [0, 0.05) is 5.69 Å². The molecular formula is C27H38F3NO. The minimum atomic E-state index is -4.26. The topological polar surface area (TPSA) is 32.3 Å². The first-order valence-electron chi connectivity index (χ1n) is 12.7. The normalized spacial score (nSPS) is 44.8. The quantitative estimate of drug-likeness (QED) is 0.518. The highest BCUT2D eigenvalue weighted by molar-refractivity contribution is 5.44. The van der Waals surface area contributed by atoms with Gasteiger partial charge in [0.25, 0.3) is 0 Å². The molecule has 178 valence electrons. The van der Waals surface area contributed by atoms with E-state index in [2.05, 4.69) is 12.2 Å². The zero-order valence-corrected chi connectivity index (χ0v) is 19.4. The van der Waals surface area contributed by atoms with Gasteiger partial charge < -0.3 is 10.4 Å². The van der Waals surface area contributed by atoms with Crippen LogP contribution in [-0.4, -0.2) is 22.9 Å². The molecule has 0 saturated heterocycles. The lowest BCUT2D eigenvalue weighted by molar-refractivity contribution is -0.169. The Labute approximate surface area is 190 Å². The van der Waals surface area contributed by atoms with E-state index in [-0.39, 0.29) is 11.3 Å². The molecule has 1 aromatic carbocycles. The van der Waals surface area contributed by atoms with Crippen molar-refractivity contribution in [3.63, 3.8) is 0 Å². The Morgan fingerprint density at radius 1 is 0.906 bits per heavy atom. The van der Waals surface area contributed by atoms with Gasteiger partial charge in [0.15, 0.2) is 0 Å². The fourth-order valence-corrected chi connectivity index (χ4v) is 8.79. The minimum Gasteiger partial charge on any atom is -0.390 e. The van der Waals surface area contributed by atoms with Crippen LogP contribution in [0.3, 0.4) is 0 Å². The first-order valence-corrected chi connectivity index (χ1v) is 12.7. The zero-order valence-electron chi connectivity index (χ0n) is 19.4. The number of nitrogens with one attached hydrogen (secondary N) is 1. The average Bonchev–Trinajstić information content (AvgIpc) is 3.07. The second-order valence-electron chi connectivity index (χ2n) is 11.9. The van der Waals surface area contributed by atoms with Crippen LogP contribution in [0.25, 0.3) is 0 Å². The molecule has 0 radical (unpaired) electrons. The highest BCUT2D eigenvalue weighted by atomic mass is 19.4. The predicted octanol–water partition coefficient (Wildman–Crippen LogP) is 7.05. The molecule has 9 atom stereocenters. The van der Waals surface area contributed by atoms with Crippen LogP contribution in [-0.2, 0) is 0 Å². The van der Waals surface area contributed by atoms with Crippen molar-refractivity contribution in [1.29, 1.82) is 0 Å². The molecule has 0 aromatic heterocycles. The van der Waals surface area contributed by atoms with Crippen LogP contribution < -0.4 is 5.32 Å². The van der Waals surface area contributed by atoms with Gasteiger partial charge in [-0.3, -0.25) is 0 Å². The van der Waals surface area contributed by atoms with Crippen molar-refractivity contribution in [3.05, 3.63) is 30.3 Å². The summed E-state index contributed by atoms with van der Waals surface area (Å²) < 4.78 is 43.0. The minimum absolute atomic E-state index is 0.254. The summed E-state index contributed by atoms with van der Waals surface area (Å²) in [5.41, 5.74) is -0.222. The largest absolute Gasteiger partial charge is 0.408 e. The summed E-state index contributed by atoms with van der Waals surface area (Å²) in [4.78, 5) is 0. The number of para-hydroxylation sites is 1. The van der Waals surface area contributed by atoms with Crippen LogP contribution in [0.5, 0.6) is 0 Å². The summed E-state index contributed by atoms with van der Waals surface area (Å²) in [6.45, 7) is 4.15. The second-order valence-corrected chi connectivity index (χ2v) is 11.9. The lowest BCUT2D eigenvalue weighted by atomic mass is 9.48. The number of hydrogen-bond acceptors (Lipinski definition) is 2.